The average Bonchev–Trinajstić information content (AvgIpc) is 3.21. The van der Waals surface area contributed by atoms with E-state index in [0.717, 1.165) is 18.6 Å². The number of unbranched alkanes of at least 4 members (excludes halogenated alkanes) is 4. The lowest BCUT2D eigenvalue weighted by Crippen LogP contribution is -2.43. The van der Waals surface area contributed by atoms with Crippen LogP contribution in [0.2, 0.25) is 0 Å². The van der Waals surface area contributed by atoms with Crippen LogP contribution < -0.4 is 10.6 Å². The van der Waals surface area contributed by atoms with Crippen LogP contribution in [-0.2, 0) is 33.6 Å². The van der Waals surface area contributed by atoms with E-state index in [-0.39, 0.29) is 48.6 Å². The molecule has 11 heteroatoms. The van der Waals surface area contributed by atoms with Crippen molar-refractivity contribution < 1.29 is 34.9 Å². The van der Waals surface area contributed by atoms with Crippen molar-refractivity contribution in [3.8, 4) is 0 Å². The Morgan fingerprint density at radius 1 is 0.923 bits per heavy atom. The van der Waals surface area contributed by atoms with Crippen LogP contribution in [0.1, 0.15) is 86.4 Å². The third-order valence-electron chi connectivity index (χ3n) is 6.43. The predicted octanol–water partition coefficient (Wildman–Crippen LogP) is 2.73. The molecule has 0 aromatic carbocycles. The summed E-state index contributed by atoms with van der Waals surface area (Å²) in [6, 6.07) is -0.782. The summed E-state index contributed by atoms with van der Waals surface area (Å²) >= 11 is 1.55. The number of Topliss-reactive ketones (excluding diaryl/α,β-unsaturated/α-hetero) is 2. The molecule has 0 bridgehead atoms. The molecule has 3 atom stereocenters. The molecule has 0 aliphatic carbocycles. The molecule has 0 radical (unpaired) electrons. The Morgan fingerprint density at radius 2 is 1.56 bits per heavy atom. The van der Waals surface area contributed by atoms with Crippen molar-refractivity contribution in [1.82, 2.24) is 15.5 Å². The van der Waals surface area contributed by atoms with Gasteiger partial charge < -0.3 is 15.4 Å². The molecule has 0 unspecified atom stereocenters. The molecule has 0 aromatic rings. The Balaban J connectivity index is 2.19. The van der Waals surface area contributed by atoms with Crippen LogP contribution >= 0.6 is 11.8 Å². The molecule has 10 nitrogen and oxygen atoms in total. The highest BCUT2D eigenvalue weighted by atomic mass is 32.2. The van der Waals surface area contributed by atoms with Gasteiger partial charge in [-0.3, -0.25) is 33.7 Å². The minimum absolute atomic E-state index is 0.0168. The second-order valence-electron chi connectivity index (χ2n) is 9.97. The first-order chi connectivity index (χ1) is 18.9. The number of thioether (sulfide) groups is 1. The number of imide groups is 1. The number of carbonyl (C=O) groups excluding carboxylic acids is 7. The molecule has 2 N–H and O–H groups in total. The largest absolute Gasteiger partial charge is 0.347 e. The molecular weight excluding hydrogens is 522 g/mol. The number of aldehydes is 1. The number of ketones is 2. The molecule has 218 valence electrons. The standard InChI is InChI=1S/C28H43N3O7S/c1-20(17-23(33)11-7-6-8-14-31-25(35)12-13-26(31)36)28(38)30-22(3)24(34)18-21(2)27(37)29-19-39-16-10-5-4-9-15-32/h12-13,15,20-22H,4-11,14,16-19H2,1-3H3,(H,29,37)(H,30,38)/t20-,21-,22-/m1/s1/i15D. The van der Waals surface area contributed by atoms with Gasteiger partial charge in [-0.05, 0) is 38.4 Å². The summed E-state index contributed by atoms with van der Waals surface area (Å²) in [7, 11) is 0. The lowest BCUT2D eigenvalue weighted by atomic mass is 9.98. The van der Waals surface area contributed by atoms with Crippen molar-refractivity contribution in [1.29, 1.82) is 0 Å². The highest BCUT2D eigenvalue weighted by molar-refractivity contribution is 7.99. The molecule has 1 heterocycles. The molecule has 0 saturated carbocycles. The predicted molar refractivity (Wildman–Crippen MR) is 150 cm³/mol. The Labute approximate surface area is 236 Å². The van der Waals surface area contributed by atoms with Crippen LogP contribution in [0.5, 0.6) is 0 Å². The minimum atomic E-state index is -0.782. The lowest BCUT2D eigenvalue weighted by molar-refractivity contribution is -0.137. The van der Waals surface area contributed by atoms with Gasteiger partial charge in [-0.15, -0.1) is 11.8 Å². The Hall–Kier alpha value is -2.82. The zero-order valence-corrected chi connectivity index (χ0v) is 24.1. The first kappa shape index (κ1) is 32.4. The van der Waals surface area contributed by atoms with E-state index in [1.807, 2.05) is 0 Å². The third kappa shape index (κ3) is 14.2. The second kappa shape index (κ2) is 19.3. The van der Waals surface area contributed by atoms with Gasteiger partial charge in [-0.25, -0.2) is 0 Å². The fourth-order valence-corrected chi connectivity index (χ4v) is 4.71. The van der Waals surface area contributed by atoms with Crippen molar-refractivity contribution in [3.63, 3.8) is 0 Å². The molecule has 0 spiro atoms. The molecule has 1 aliphatic heterocycles. The van der Waals surface area contributed by atoms with Gasteiger partial charge in [0.05, 0.1) is 11.9 Å². The molecule has 0 aromatic heterocycles. The summed E-state index contributed by atoms with van der Waals surface area (Å²) in [4.78, 5) is 84.4. The maximum atomic E-state index is 12.5. The smallest absolute Gasteiger partial charge is 0.253 e. The van der Waals surface area contributed by atoms with E-state index < -0.39 is 30.0 Å². The quantitative estimate of drug-likeness (QED) is 0.0880. The first-order valence-electron chi connectivity index (χ1n) is 14.2. The van der Waals surface area contributed by atoms with Crippen molar-refractivity contribution in [2.45, 2.75) is 91.0 Å². The highest BCUT2D eigenvalue weighted by Gasteiger charge is 2.25. The maximum absolute atomic E-state index is 12.5. The normalized spacial score (nSPS) is 15.5. The van der Waals surface area contributed by atoms with E-state index in [1.54, 1.807) is 32.5 Å². The van der Waals surface area contributed by atoms with Crippen LogP contribution in [0.3, 0.4) is 0 Å². The van der Waals surface area contributed by atoms with E-state index in [2.05, 4.69) is 10.6 Å². The molecule has 39 heavy (non-hydrogen) atoms. The average molecular weight is 567 g/mol. The minimum Gasteiger partial charge on any atom is -0.347 e. The SMILES string of the molecule is [2H]C(=O)CCCCCSCNC(=O)[C@H](C)CC(=O)[C@@H](C)NC(=O)[C@H](C)CC(=O)CCCCCN1C(=O)C=CC1=O. The van der Waals surface area contributed by atoms with Crippen molar-refractivity contribution in [2.75, 3.05) is 18.2 Å². The number of amides is 4. The van der Waals surface area contributed by atoms with E-state index in [1.165, 1.54) is 17.1 Å². The Bertz CT molecular complexity index is 938. The van der Waals surface area contributed by atoms with Crippen LogP contribution in [0.25, 0.3) is 0 Å². The zero-order valence-electron chi connectivity index (χ0n) is 24.3. The summed E-state index contributed by atoms with van der Waals surface area (Å²) in [5.74, 6) is -1.51. The molecule has 1 aliphatic rings. The molecule has 0 fully saturated rings. The van der Waals surface area contributed by atoms with Gasteiger partial charge in [0.1, 0.15) is 13.4 Å². The van der Waals surface area contributed by atoms with Crippen LogP contribution in [0.4, 0.5) is 0 Å². The summed E-state index contributed by atoms with van der Waals surface area (Å²) in [5, 5.41) is 5.43. The fourth-order valence-electron chi connectivity index (χ4n) is 3.91. The van der Waals surface area contributed by atoms with Gasteiger partial charge in [0, 0.05) is 56.2 Å². The number of carbonyl (C=O) groups is 7. The second-order valence-corrected chi connectivity index (χ2v) is 11.1. The van der Waals surface area contributed by atoms with Gasteiger partial charge in [0.25, 0.3) is 11.8 Å². The van der Waals surface area contributed by atoms with Gasteiger partial charge in [0.2, 0.25) is 11.8 Å². The van der Waals surface area contributed by atoms with Gasteiger partial charge in [-0.1, -0.05) is 26.7 Å². The first-order valence-corrected chi connectivity index (χ1v) is 14.8. The van der Waals surface area contributed by atoms with E-state index in [9.17, 15) is 33.6 Å². The van der Waals surface area contributed by atoms with Gasteiger partial charge in [-0.2, -0.15) is 0 Å². The van der Waals surface area contributed by atoms with Crippen LogP contribution in [0, 0.1) is 11.8 Å². The number of nitrogens with zero attached hydrogens (tertiary/aromatic N) is 1. The maximum Gasteiger partial charge on any atom is 0.253 e. The topological polar surface area (TPSA) is 147 Å². The lowest BCUT2D eigenvalue weighted by Gasteiger charge is -2.18. The number of hydrogen-bond acceptors (Lipinski definition) is 8. The summed E-state index contributed by atoms with van der Waals surface area (Å²) in [6.07, 6.45) is 6.88. The molecule has 1 rings (SSSR count). The Morgan fingerprint density at radius 3 is 2.23 bits per heavy atom. The number of nitrogens with one attached hydrogen (secondary N) is 2. The summed E-state index contributed by atoms with van der Waals surface area (Å²) in [6.45, 7) is 5.17. The van der Waals surface area contributed by atoms with E-state index in [4.69, 9.17) is 1.37 Å². The monoisotopic (exact) mass is 566 g/mol. The Kier molecular flexibility index (Phi) is 16.0. The third-order valence-corrected chi connectivity index (χ3v) is 7.36. The van der Waals surface area contributed by atoms with Gasteiger partial charge in [0.15, 0.2) is 5.78 Å². The van der Waals surface area contributed by atoms with E-state index >= 15 is 0 Å². The van der Waals surface area contributed by atoms with Crippen LogP contribution in [0.15, 0.2) is 12.2 Å². The van der Waals surface area contributed by atoms with Crippen LogP contribution in [-0.4, -0.2) is 70.6 Å². The van der Waals surface area contributed by atoms with Crippen molar-refractivity contribution in [2.24, 2.45) is 11.8 Å². The summed E-state index contributed by atoms with van der Waals surface area (Å²) < 4.78 is 6.86. The number of hydrogen-bond donors (Lipinski definition) is 2. The number of rotatable bonds is 22. The highest BCUT2D eigenvalue weighted by Crippen LogP contribution is 2.12. The van der Waals surface area contributed by atoms with Crippen molar-refractivity contribution >= 4 is 53.2 Å². The van der Waals surface area contributed by atoms with Crippen molar-refractivity contribution in [3.05, 3.63) is 12.2 Å². The molecule has 0 saturated heterocycles. The van der Waals surface area contributed by atoms with Gasteiger partial charge >= 0.3 is 0 Å². The molecular formula is C28H43N3O7S. The fraction of sp³-hybridized carbons (Fsp3) is 0.679. The molecule has 4 amide bonds. The zero-order chi connectivity index (χ0) is 30.1. The van der Waals surface area contributed by atoms with E-state index in [0.29, 0.717) is 44.5 Å². The summed E-state index contributed by atoms with van der Waals surface area (Å²) in [5.41, 5.74) is 0.